The summed E-state index contributed by atoms with van der Waals surface area (Å²) < 4.78 is 27.3. The zero-order valence-electron chi connectivity index (χ0n) is 22.7. The number of hydrogen-bond donors (Lipinski definition) is 1. The number of anilines is 1. The second-order valence-corrected chi connectivity index (χ2v) is 10.5. The molecule has 42 heavy (non-hydrogen) atoms. The Morgan fingerprint density at radius 1 is 1.12 bits per heavy atom. The van der Waals surface area contributed by atoms with Crippen LogP contribution < -0.4 is 9.64 Å². The Labute approximate surface area is 245 Å². The molecular formula is C29H27ClFN7O4. The number of fused-ring (bicyclic) bond motifs is 1. The number of nitrogens with zero attached hydrogens (tertiary/aromatic N) is 7. The molecule has 5 aromatic rings. The quantitative estimate of drug-likeness (QED) is 0.259. The molecule has 1 fully saturated rings. The standard InChI is InChI=1S/C29H27ClFN7O4/c1-18-14-37(25-6-7-33-29(35-25)42-17-20-2-4-21(30)13-22(20)31)10-9-36(18)15-26-34-23-5-3-19(28(39)40)12-24(23)38(26)16-27-32-8-11-41-27/h2-8,11-13,18H,9-10,14-17H2,1H3,(H,39,40)/t18-/m0/s1. The van der Waals surface area contributed by atoms with E-state index in [4.69, 9.17) is 25.7 Å². The molecule has 1 N–H and O–H groups in total. The Bertz CT molecular complexity index is 1730. The molecule has 0 bridgehead atoms. The SMILES string of the molecule is C[C@H]1CN(c2ccnc(OCc3ccc(Cl)cc3F)n2)CCN1Cc1nc2ccc(C(=O)O)cc2n1Cc1ncco1. The number of benzene rings is 2. The van der Waals surface area contributed by atoms with Crippen LogP contribution in [0.2, 0.25) is 5.02 Å². The third-order valence-corrected chi connectivity index (χ3v) is 7.51. The van der Waals surface area contributed by atoms with E-state index in [1.54, 1.807) is 42.7 Å². The van der Waals surface area contributed by atoms with Crippen LogP contribution in [0.25, 0.3) is 11.0 Å². The van der Waals surface area contributed by atoms with Crippen molar-refractivity contribution in [3.63, 3.8) is 0 Å². The molecule has 0 amide bonds. The summed E-state index contributed by atoms with van der Waals surface area (Å²) in [5, 5.41) is 9.84. The average molecular weight is 592 g/mol. The molecule has 0 saturated carbocycles. The van der Waals surface area contributed by atoms with E-state index < -0.39 is 11.8 Å². The van der Waals surface area contributed by atoms with Crippen molar-refractivity contribution in [3.8, 4) is 6.01 Å². The molecule has 4 heterocycles. The van der Waals surface area contributed by atoms with Crippen molar-refractivity contribution < 1.29 is 23.4 Å². The van der Waals surface area contributed by atoms with Crippen molar-refractivity contribution in [1.29, 1.82) is 0 Å². The topological polar surface area (TPSA) is 123 Å². The largest absolute Gasteiger partial charge is 0.478 e. The van der Waals surface area contributed by atoms with E-state index in [1.807, 2.05) is 10.6 Å². The molecule has 1 atom stereocenters. The fourth-order valence-electron chi connectivity index (χ4n) is 5.05. The first-order valence-electron chi connectivity index (χ1n) is 13.3. The van der Waals surface area contributed by atoms with Crippen molar-refractivity contribution in [3.05, 3.63) is 94.8 Å². The smallest absolute Gasteiger partial charge is 0.335 e. The summed E-state index contributed by atoms with van der Waals surface area (Å²) in [6, 6.07) is 11.5. The molecule has 216 valence electrons. The summed E-state index contributed by atoms with van der Waals surface area (Å²) in [5.74, 6) is 0.579. The highest BCUT2D eigenvalue weighted by molar-refractivity contribution is 6.30. The van der Waals surface area contributed by atoms with E-state index in [2.05, 4.69) is 31.7 Å². The first-order chi connectivity index (χ1) is 20.3. The fourth-order valence-corrected chi connectivity index (χ4v) is 5.21. The van der Waals surface area contributed by atoms with Crippen molar-refractivity contribution in [1.82, 2.24) is 29.4 Å². The van der Waals surface area contributed by atoms with E-state index in [0.29, 0.717) is 53.7 Å². The molecule has 0 spiro atoms. The van der Waals surface area contributed by atoms with Crippen molar-refractivity contribution >= 4 is 34.4 Å². The number of aromatic nitrogens is 5. The maximum absolute atomic E-state index is 14.1. The number of rotatable bonds is 9. The van der Waals surface area contributed by atoms with Gasteiger partial charge in [-0.1, -0.05) is 17.7 Å². The molecule has 0 radical (unpaired) electrons. The number of carbonyl (C=O) groups is 1. The lowest BCUT2D eigenvalue weighted by Gasteiger charge is -2.40. The molecule has 0 aliphatic carbocycles. The summed E-state index contributed by atoms with van der Waals surface area (Å²) in [7, 11) is 0. The van der Waals surface area contributed by atoms with Crippen molar-refractivity contribution in [2.45, 2.75) is 32.7 Å². The summed E-state index contributed by atoms with van der Waals surface area (Å²) in [4.78, 5) is 33.9. The Kier molecular flexibility index (Phi) is 7.72. The van der Waals surface area contributed by atoms with Gasteiger partial charge in [-0.2, -0.15) is 4.98 Å². The second-order valence-electron chi connectivity index (χ2n) is 10.0. The van der Waals surface area contributed by atoms with E-state index in [1.165, 1.54) is 12.3 Å². The Morgan fingerprint density at radius 3 is 2.76 bits per heavy atom. The monoisotopic (exact) mass is 591 g/mol. The summed E-state index contributed by atoms with van der Waals surface area (Å²) in [6.45, 7) is 5.15. The van der Waals surface area contributed by atoms with Gasteiger partial charge in [-0.3, -0.25) is 4.90 Å². The van der Waals surface area contributed by atoms with Crippen LogP contribution in [0, 0.1) is 5.82 Å². The minimum atomic E-state index is -0.998. The molecule has 6 rings (SSSR count). The van der Waals surface area contributed by atoms with Gasteiger partial charge in [0.05, 0.1) is 29.3 Å². The Balaban J connectivity index is 1.16. The summed E-state index contributed by atoms with van der Waals surface area (Å²) >= 11 is 5.83. The molecule has 1 saturated heterocycles. The summed E-state index contributed by atoms with van der Waals surface area (Å²) in [5.41, 5.74) is 1.97. The van der Waals surface area contributed by atoms with Crippen LogP contribution in [0.5, 0.6) is 6.01 Å². The van der Waals surface area contributed by atoms with Crippen LogP contribution in [0.4, 0.5) is 10.2 Å². The minimum Gasteiger partial charge on any atom is -0.478 e. The van der Waals surface area contributed by atoms with Gasteiger partial charge < -0.3 is 23.7 Å². The predicted molar refractivity (Wildman–Crippen MR) is 152 cm³/mol. The van der Waals surface area contributed by atoms with Gasteiger partial charge in [0.1, 0.15) is 36.9 Å². The van der Waals surface area contributed by atoms with Gasteiger partial charge in [-0.25, -0.2) is 24.1 Å². The van der Waals surface area contributed by atoms with Gasteiger partial charge >= 0.3 is 12.0 Å². The number of imidazole rings is 1. The van der Waals surface area contributed by atoms with Crippen LogP contribution in [0.1, 0.15) is 34.6 Å². The van der Waals surface area contributed by atoms with Gasteiger partial charge in [-0.15, -0.1) is 0 Å². The maximum Gasteiger partial charge on any atom is 0.335 e. The fraction of sp³-hybridized carbons (Fsp3) is 0.276. The number of piperazine rings is 1. The number of ether oxygens (including phenoxy) is 1. The number of carboxylic acid groups (broad SMARTS) is 1. The molecule has 0 unspecified atom stereocenters. The number of hydrogen-bond acceptors (Lipinski definition) is 9. The van der Waals surface area contributed by atoms with E-state index in [0.717, 1.165) is 18.2 Å². The van der Waals surface area contributed by atoms with E-state index in [-0.39, 0.29) is 24.2 Å². The van der Waals surface area contributed by atoms with Crippen LogP contribution >= 0.6 is 11.6 Å². The highest BCUT2D eigenvalue weighted by Gasteiger charge is 2.27. The van der Waals surface area contributed by atoms with E-state index >= 15 is 0 Å². The highest BCUT2D eigenvalue weighted by Crippen LogP contribution is 2.24. The summed E-state index contributed by atoms with van der Waals surface area (Å²) in [6.07, 6.45) is 4.72. The zero-order chi connectivity index (χ0) is 29.2. The van der Waals surface area contributed by atoms with Crippen LogP contribution in [0.3, 0.4) is 0 Å². The zero-order valence-corrected chi connectivity index (χ0v) is 23.4. The number of carboxylic acids is 1. The molecule has 3 aromatic heterocycles. The van der Waals surface area contributed by atoms with Crippen LogP contribution in [-0.2, 0) is 19.7 Å². The minimum absolute atomic E-state index is 0.0148. The number of aromatic carboxylic acids is 1. The Hall–Kier alpha value is -4.55. The molecule has 2 aromatic carbocycles. The van der Waals surface area contributed by atoms with Crippen molar-refractivity contribution in [2.75, 3.05) is 24.5 Å². The van der Waals surface area contributed by atoms with Gasteiger partial charge in [0, 0.05) is 42.5 Å². The third-order valence-electron chi connectivity index (χ3n) is 7.28. The number of halogens is 2. The van der Waals surface area contributed by atoms with Gasteiger partial charge in [0.2, 0.25) is 5.89 Å². The molecule has 1 aliphatic rings. The first kappa shape index (κ1) is 27.6. The molecular weight excluding hydrogens is 565 g/mol. The molecule has 1 aliphatic heterocycles. The lowest BCUT2D eigenvalue weighted by atomic mass is 10.2. The van der Waals surface area contributed by atoms with E-state index in [9.17, 15) is 14.3 Å². The molecule has 11 nitrogen and oxygen atoms in total. The predicted octanol–water partition coefficient (Wildman–Crippen LogP) is 4.64. The van der Waals surface area contributed by atoms with Gasteiger partial charge in [0.15, 0.2) is 0 Å². The van der Waals surface area contributed by atoms with Crippen LogP contribution in [-0.4, -0.2) is 66.2 Å². The lowest BCUT2D eigenvalue weighted by molar-refractivity contribution is 0.0697. The third kappa shape index (κ3) is 5.90. The number of oxazole rings is 1. The second kappa shape index (κ2) is 11.7. The molecule has 13 heteroatoms. The maximum atomic E-state index is 14.1. The Morgan fingerprint density at radius 2 is 2.00 bits per heavy atom. The van der Waals surface area contributed by atoms with Crippen LogP contribution in [0.15, 0.2) is 65.5 Å². The average Bonchev–Trinajstić information content (AvgIpc) is 3.61. The van der Waals surface area contributed by atoms with Crippen molar-refractivity contribution in [2.24, 2.45) is 0 Å². The normalized spacial score (nSPS) is 15.8. The first-order valence-corrected chi connectivity index (χ1v) is 13.7. The van der Waals surface area contributed by atoms with Gasteiger partial charge in [0.25, 0.3) is 0 Å². The highest BCUT2D eigenvalue weighted by atomic mass is 35.5. The lowest BCUT2D eigenvalue weighted by Crippen LogP contribution is -2.52. The van der Waals surface area contributed by atoms with Gasteiger partial charge in [-0.05, 0) is 43.3 Å².